The van der Waals surface area contributed by atoms with E-state index in [9.17, 15) is 10.1 Å². The fourth-order valence-corrected chi connectivity index (χ4v) is 2.97. The molecule has 0 bridgehead atoms. The molecule has 6 heteroatoms. The molecule has 0 spiro atoms. The van der Waals surface area contributed by atoms with Crippen molar-refractivity contribution in [3.05, 3.63) is 58.8 Å². The first-order valence-corrected chi connectivity index (χ1v) is 7.77. The fraction of sp³-hybridized carbons (Fsp3) is 0.211. The maximum atomic E-state index is 11.0. The Morgan fingerprint density at radius 1 is 1.36 bits per heavy atom. The summed E-state index contributed by atoms with van der Waals surface area (Å²) in [6.45, 7) is 2.27. The zero-order chi connectivity index (χ0) is 18.0. The zero-order valence-corrected chi connectivity index (χ0v) is 14.0. The van der Waals surface area contributed by atoms with Crippen molar-refractivity contribution in [1.82, 2.24) is 9.78 Å². The summed E-state index contributed by atoms with van der Waals surface area (Å²) in [5.41, 5.74) is 3.68. The van der Waals surface area contributed by atoms with Gasteiger partial charge in [0.25, 0.3) is 0 Å². The third kappa shape index (κ3) is 3.17. The molecule has 2 aromatic carbocycles. The predicted molar refractivity (Wildman–Crippen MR) is 92.6 cm³/mol. The monoisotopic (exact) mass is 335 g/mol. The van der Waals surface area contributed by atoms with Crippen LogP contribution in [0.15, 0.2) is 36.4 Å². The van der Waals surface area contributed by atoms with Crippen LogP contribution in [0, 0.1) is 18.3 Å². The number of rotatable bonds is 5. The first-order chi connectivity index (χ1) is 12.0. The van der Waals surface area contributed by atoms with Crippen molar-refractivity contribution in [3.63, 3.8) is 0 Å². The van der Waals surface area contributed by atoms with Crippen LogP contribution in [-0.2, 0) is 17.8 Å². The van der Waals surface area contributed by atoms with Gasteiger partial charge in [0.05, 0.1) is 42.9 Å². The van der Waals surface area contributed by atoms with Crippen LogP contribution in [0.25, 0.3) is 10.9 Å². The van der Waals surface area contributed by atoms with Gasteiger partial charge in [-0.25, -0.2) is 0 Å². The summed E-state index contributed by atoms with van der Waals surface area (Å²) in [7, 11) is 1.57. The lowest BCUT2D eigenvalue weighted by Gasteiger charge is -2.11. The first kappa shape index (κ1) is 16.5. The second kappa shape index (κ2) is 6.65. The molecule has 3 aromatic rings. The maximum Gasteiger partial charge on any atom is 0.307 e. The lowest BCUT2D eigenvalue weighted by Crippen LogP contribution is -2.06. The molecule has 0 unspecified atom stereocenters. The van der Waals surface area contributed by atoms with Gasteiger partial charge < -0.3 is 9.84 Å². The molecule has 0 aliphatic rings. The van der Waals surface area contributed by atoms with Crippen LogP contribution < -0.4 is 4.74 Å². The second-order valence-electron chi connectivity index (χ2n) is 5.76. The minimum atomic E-state index is -0.876. The van der Waals surface area contributed by atoms with Gasteiger partial charge in [0.15, 0.2) is 0 Å². The number of nitriles is 1. The van der Waals surface area contributed by atoms with Gasteiger partial charge in [0.1, 0.15) is 5.75 Å². The molecule has 0 fully saturated rings. The number of ether oxygens (including phenoxy) is 1. The second-order valence-corrected chi connectivity index (χ2v) is 5.76. The Morgan fingerprint density at radius 2 is 2.16 bits per heavy atom. The number of aryl methyl sites for hydroxylation is 1. The number of carboxylic acid groups (broad SMARTS) is 1. The molecule has 0 saturated carbocycles. The topological polar surface area (TPSA) is 88.1 Å². The molecule has 25 heavy (non-hydrogen) atoms. The molecular formula is C19H17N3O3. The fourth-order valence-electron chi connectivity index (χ4n) is 2.97. The number of aromatic nitrogens is 2. The largest absolute Gasteiger partial charge is 0.496 e. The number of hydrogen-bond donors (Lipinski definition) is 1. The Bertz CT molecular complexity index is 999. The van der Waals surface area contributed by atoms with E-state index in [-0.39, 0.29) is 6.42 Å². The van der Waals surface area contributed by atoms with Crippen molar-refractivity contribution >= 4 is 16.9 Å². The van der Waals surface area contributed by atoms with E-state index in [1.165, 1.54) is 0 Å². The SMILES string of the molecule is COc1cccc(C#N)c1Cn1nc(C)c2ccc(CC(=O)O)cc21. The van der Waals surface area contributed by atoms with E-state index >= 15 is 0 Å². The van der Waals surface area contributed by atoms with Gasteiger partial charge >= 0.3 is 5.97 Å². The standard InChI is InChI=1S/C19H17N3O3/c1-12-15-7-6-13(9-19(23)24)8-17(15)22(21-12)11-16-14(10-20)4-3-5-18(16)25-2/h3-8H,9,11H2,1-2H3,(H,23,24). The molecule has 0 atom stereocenters. The van der Waals surface area contributed by atoms with Crippen LogP contribution in [0.2, 0.25) is 0 Å². The Kier molecular flexibility index (Phi) is 4.40. The van der Waals surface area contributed by atoms with Crippen molar-refractivity contribution < 1.29 is 14.6 Å². The zero-order valence-electron chi connectivity index (χ0n) is 14.0. The van der Waals surface area contributed by atoms with Gasteiger partial charge in [0, 0.05) is 10.9 Å². The first-order valence-electron chi connectivity index (χ1n) is 7.77. The smallest absolute Gasteiger partial charge is 0.307 e. The van der Waals surface area contributed by atoms with E-state index in [1.54, 1.807) is 30.0 Å². The molecular weight excluding hydrogens is 318 g/mol. The highest BCUT2D eigenvalue weighted by Crippen LogP contribution is 2.26. The minimum Gasteiger partial charge on any atom is -0.496 e. The summed E-state index contributed by atoms with van der Waals surface area (Å²) in [4.78, 5) is 11.0. The molecule has 6 nitrogen and oxygen atoms in total. The molecule has 1 heterocycles. The van der Waals surface area contributed by atoms with Crippen molar-refractivity contribution in [2.45, 2.75) is 19.9 Å². The molecule has 1 aromatic heterocycles. The third-order valence-corrected chi connectivity index (χ3v) is 4.14. The maximum absolute atomic E-state index is 11.0. The van der Waals surface area contributed by atoms with Crippen molar-refractivity contribution in [3.8, 4) is 11.8 Å². The number of aliphatic carboxylic acids is 1. The summed E-state index contributed by atoms with van der Waals surface area (Å²) >= 11 is 0. The number of fused-ring (bicyclic) bond motifs is 1. The third-order valence-electron chi connectivity index (χ3n) is 4.14. The van der Waals surface area contributed by atoms with E-state index < -0.39 is 5.97 Å². The molecule has 0 amide bonds. The van der Waals surface area contributed by atoms with Gasteiger partial charge in [0.2, 0.25) is 0 Å². The Morgan fingerprint density at radius 3 is 2.84 bits per heavy atom. The molecule has 126 valence electrons. The molecule has 0 radical (unpaired) electrons. The Balaban J connectivity index is 2.11. The van der Waals surface area contributed by atoms with Crippen LogP contribution in [0.3, 0.4) is 0 Å². The van der Waals surface area contributed by atoms with Gasteiger partial charge in [-0.3, -0.25) is 9.48 Å². The average Bonchev–Trinajstić information content (AvgIpc) is 2.90. The number of methoxy groups -OCH3 is 1. The summed E-state index contributed by atoms with van der Waals surface area (Å²) in [5, 5.41) is 23.9. The number of nitrogens with zero attached hydrogens (tertiary/aromatic N) is 3. The predicted octanol–water partition coefficient (Wildman–Crippen LogP) is 2.90. The molecule has 0 saturated heterocycles. The average molecular weight is 335 g/mol. The van der Waals surface area contributed by atoms with E-state index in [0.29, 0.717) is 23.4 Å². The summed E-state index contributed by atoms with van der Waals surface area (Å²) in [6.07, 6.45) is -0.0434. The number of carboxylic acids is 1. The summed E-state index contributed by atoms with van der Waals surface area (Å²) in [6, 6.07) is 13.0. The Labute approximate surface area is 144 Å². The minimum absolute atomic E-state index is 0.0434. The Hall–Kier alpha value is -3.33. The molecule has 3 rings (SSSR count). The number of carbonyl (C=O) groups is 1. The highest BCUT2D eigenvalue weighted by molar-refractivity contribution is 5.84. The lowest BCUT2D eigenvalue weighted by molar-refractivity contribution is -0.136. The van der Waals surface area contributed by atoms with Gasteiger partial charge in [-0.1, -0.05) is 18.2 Å². The van der Waals surface area contributed by atoms with Crippen LogP contribution in [0.1, 0.15) is 22.4 Å². The summed E-state index contributed by atoms with van der Waals surface area (Å²) in [5.74, 6) is -0.249. The highest BCUT2D eigenvalue weighted by Gasteiger charge is 2.14. The summed E-state index contributed by atoms with van der Waals surface area (Å²) < 4.78 is 7.17. The lowest BCUT2D eigenvalue weighted by atomic mass is 10.1. The molecule has 0 aliphatic heterocycles. The van der Waals surface area contributed by atoms with E-state index in [4.69, 9.17) is 9.84 Å². The van der Waals surface area contributed by atoms with Gasteiger partial charge in [-0.15, -0.1) is 0 Å². The molecule has 0 aliphatic carbocycles. The van der Waals surface area contributed by atoms with Gasteiger partial charge in [-0.2, -0.15) is 10.4 Å². The van der Waals surface area contributed by atoms with Crippen LogP contribution >= 0.6 is 0 Å². The van der Waals surface area contributed by atoms with E-state index in [0.717, 1.165) is 22.2 Å². The molecule has 1 N–H and O–H groups in total. The van der Waals surface area contributed by atoms with Crippen molar-refractivity contribution in [2.75, 3.05) is 7.11 Å². The van der Waals surface area contributed by atoms with Crippen molar-refractivity contribution in [1.29, 1.82) is 5.26 Å². The number of benzene rings is 2. The number of hydrogen-bond acceptors (Lipinski definition) is 4. The normalized spacial score (nSPS) is 10.6. The van der Waals surface area contributed by atoms with Crippen LogP contribution in [0.5, 0.6) is 5.75 Å². The van der Waals surface area contributed by atoms with Crippen molar-refractivity contribution in [2.24, 2.45) is 0 Å². The van der Waals surface area contributed by atoms with Crippen LogP contribution in [0.4, 0.5) is 0 Å². The van der Waals surface area contributed by atoms with Gasteiger partial charge in [-0.05, 0) is 30.7 Å². The van der Waals surface area contributed by atoms with E-state index in [2.05, 4.69) is 11.2 Å². The van der Waals surface area contributed by atoms with E-state index in [1.807, 2.05) is 25.1 Å². The quantitative estimate of drug-likeness (QED) is 0.774. The highest BCUT2D eigenvalue weighted by atomic mass is 16.5. The van der Waals surface area contributed by atoms with Crippen LogP contribution in [-0.4, -0.2) is 28.0 Å².